The number of carbonyl (C=O) groups excluding carboxylic acids is 1. The second kappa shape index (κ2) is 7.64. The molecular weight excluding hydrogens is 393 g/mol. The Kier molecular flexibility index (Phi) is 5.46. The van der Waals surface area contributed by atoms with Crippen LogP contribution in [0.15, 0.2) is 47.4 Å². The molecule has 0 saturated carbocycles. The van der Waals surface area contributed by atoms with Crippen LogP contribution in [0.2, 0.25) is 5.02 Å². The summed E-state index contributed by atoms with van der Waals surface area (Å²) < 4.78 is 39.8. The first-order valence-electron chi connectivity index (χ1n) is 8.11. The molecule has 0 spiro atoms. The minimum absolute atomic E-state index is 0.0648. The minimum Gasteiger partial charge on any atom is -0.325 e. The Morgan fingerprint density at radius 1 is 1.26 bits per heavy atom. The third kappa shape index (κ3) is 3.95. The number of sulfonamides is 1. The maximum absolute atomic E-state index is 13.1. The number of amides is 1. The van der Waals surface area contributed by atoms with Gasteiger partial charge in [0.2, 0.25) is 15.9 Å². The van der Waals surface area contributed by atoms with E-state index in [1.54, 1.807) is 0 Å². The van der Waals surface area contributed by atoms with Crippen molar-refractivity contribution in [3.8, 4) is 6.07 Å². The summed E-state index contributed by atoms with van der Waals surface area (Å²) in [6, 6.07) is 9.96. The molecule has 0 bridgehead atoms. The predicted octanol–water partition coefficient (Wildman–Crippen LogP) is 3.14. The van der Waals surface area contributed by atoms with Gasteiger partial charge >= 0.3 is 0 Å². The summed E-state index contributed by atoms with van der Waals surface area (Å²) in [6.07, 6.45) is 0.906. The van der Waals surface area contributed by atoms with Crippen LogP contribution < -0.4 is 5.32 Å². The van der Waals surface area contributed by atoms with Crippen LogP contribution in [-0.2, 0) is 14.8 Å². The minimum atomic E-state index is -3.92. The third-order valence-electron chi connectivity index (χ3n) is 4.28. The first-order valence-corrected chi connectivity index (χ1v) is 9.92. The number of carbonyl (C=O) groups is 1. The van der Waals surface area contributed by atoms with E-state index < -0.39 is 27.8 Å². The highest BCUT2D eigenvalue weighted by Gasteiger charge is 2.39. The molecule has 2 aromatic rings. The van der Waals surface area contributed by atoms with E-state index in [9.17, 15) is 17.6 Å². The molecule has 1 heterocycles. The second-order valence-corrected chi connectivity index (χ2v) is 8.32. The second-order valence-electron chi connectivity index (χ2n) is 6.02. The van der Waals surface area contributed by atoms with Crippen molar-refractivity contribution in [2.45, 2.75) is 23.8 Å². The van der Waals surface area contributed by atoms with E-state index in [1.165, 1.54) is 30.3 Å². The molecule has 27 heavy (non-hydrogen) atoms. The largest absolute Gasteiger partial charge is 0.325 e. The van der Waals surface area contributed by atoms with Crippen LogP contribution >= 0.6 is 11.6 Å². The maximum atomic E-state index is 13.1. The smallest absolute Gasteiger partial charge is 0.243 e. The van der Waals surface area contributed by atoms with Crippen molar-refractivity contribution in [1.82, 2.24) is 4.31 Å². The lowest BCUT2D eigenvalue weighted by Crippen LogP contribution is -2.43. The van der Waals surface area contributed by atoms with E-state index in [4.69, 9.17) is 16.9 Å². The number of nitrogens with one attached hydrogen (secondary N) is 1. The number of hydrogen-bond donors (Lipinski definition) is 1. The van der Waals surface area contributed by atoms with Crippen LogP contribution in [0.5, 0.6) is 0 Å². The van der Waals surface area contributed by atoms with E-state index in [2.05, 4.69) is 5.32 Å². The van der Waals surface area contributed by atoms with Crippen LogP contribution in [0.4, 0.5) is 10.1 Å². The molecule has 1 saturated heterocycles. The average molecular weight is 408 g/mol. The van der Waals surface area contributed by atoms with Crippen molar-refractivity contribution in [3.63, 3.8) is 0 Å². The fraction of sp³-hybridized carbons (Fsp3) is 0.222. The number of nitriles is 1. The average Bonchev–Trinajstić information content (AvgIpc) is 3.13. The van der Waals surface area contributed by atoms with Gasteiger partial charge in [-0.25, -0.2) is 12.8 Å². The van der Waals surface area contributed by atoms with Crippen molar-refractivity contribution in [3.05, 3.63) is 58.9 Å². The molecule has 0 aliphatic carbocycles. The summed E-state index contributed by atoms with van der Waals surface area (Å²) in [7, 11) is -3.92. The molecule has 0 radical (unpaired) electrons. The standard InChI is InChI=1S/C18H15ClFN3O3S/c19-16-10-14(6-3-12(16)11-21)22-18(24)17-2-1-9-23(17)27(25,26)15-7-4-13(20)5-8-15/h3-8,10,17H,1-2,9H2,(H,22,24)/t17-/m1/s1. The first-order chi connectivity index (χ1) is 12.8. The highest BCUT2D eigenvalue weighted by atomic mass is 35.5. The van der Waals surface area contributed by atoms with Gasteiger partial charge in [-0.2, -0.15) is 9.57 Å². The highest BCUT2D eigenvalue weighted by molar-refractivity contribution is 7.89. The van der Waals surface area contributed by atoms with Gasteiger partial charge in [0, 0.05) is 12.2 Å². The van der Waals surface area contributed by atoms with Gasteiger partial charge in [-0.3, -0.25) is 4.79 Å². The Bertz CT molecular complexity index is 1020. The molecule has 2 aromatic carbocycles. The van der Waals surface area contributed by atoms with Crippen LogP contribution in [0, 0.1) is 17.1 Å². The molecule has 1 fully saturated rings. The molecule has 0 aromatic heterocycles. The van der Waals surface area contributed by atoms with Gasteiger partial charge in [-0.15, -0.1) is 0 Å². The number of anilines is 1. The predicted molar refractivity (Wildman–Crippen MR) is 98.1 cm³/mol. The van der Waals surface area contributed by atoms with Crippen molar-refractivity contribution < 1.29 is 17.6 Å². The third-order valence-corrected chi connectivity index (χ3v) is 6.52. The monoisotopic (exact) mass is 407 g/mol. The summed E-state index contributed by atoms with van der Waals surface area (Å²) in [5.41, 5.74) is 0.645. The summed E-state index contributed by atoms with van der Waals surface area (Å²) in [5.74, 6) is -1.03. The van der Waals surface area contributed by atoms with E-state index in [0.717, 1.165) is 16.4 Å². The Morgan fingerprint density at radius 2 is 1.96 bits per heavy atom. The summed E-state index contributed by atoms with van der Waals surface area (Å²) in [4.78, 5) is 12.6. The molecule has 1 aliphatic rings. The maximum Gasteiger partial charge on any atom is 0.243 e. The van der Waals surface area contributed by atoms with Crippen molar-refractivity contribution in [2.75, 3.05) is 11.9 Å². The number of rotatable bonds is 4. The fourth-order valence-electron chi connectivity index (χ4n) is 2.94. The van der Waals surface area contributed by atoms with Gasteiger partial charge in [0.05, 0.1) is 15.5 Å². The first kappa shape index (κ1) is 19.3. The topological polar surface area (TPSA) is 90.3 Å². The fourth-order valence-corrected chi connectivity index (χ4v) is 4.82. The quantitative estimate of drug-likeness (QED) is 0.842. The summed E-state index contributed by atoms with van der Waals surface area (Å²) in [5, 5.41) is 11.7. The number of halogens is 2. The van der Waals surface area contributed by atoms with Crippen LogP contribution in [0.1, 0.15) is 18.4 Å². The molecule has 1 N–H and O–H groups in total. The van der Waals surface area contributed by atoms with Crippen molar-refractivity contribution >= 4 is 33.2 Å². The Morgan fingerprint density at radius 3 is 2.59 bits per heavy atom. The zero-order valence-corrected chi connectivity index (χ0v) is 15.6. The summed E-state index contributed by atoms with van der Waals surface area (Å²) >= 11 is 5.96. The van der Waals surface area contributed by atoms with Gasteiger partial charge in [0.15, 0.2) is 0 Å². The molecule has 1 aliphatic heterocycles. The highest BCUT2D eigenvalue weighted by Crippen LogP contribution is 2.28. The van der Waals surface area contributed by atoms with Crippen molar-refractivity contribution in [2.24, 2.45) is 0 Å². The van der Waals surface area contributed by atoms with E-state index in [1.807, 2.05) is 6.07 Å². The Labute approximate surface area is 161 Å². The van der Waals surface area contributed by atoms with Crippen LogP contribution in [0.3, 0.4) is 0 Å². The molecule has 3 rings (SSSR count). The molecule has 9 heteroatoms. The zero-order chi connectivity index (χ0) is 19.6. The number of hydrogen-bond acceptors (Lipinski definition) is 4. The van der Waals surface area contributed by atoms with Gasteiger partial charge in [-0.1, -0.05) is 11.6 Å². The number of nitrogens with zero attached hydrogens (tertiary/aromatic N) is 2. The Hall–Kier alpha value is -2.47. The number of benzene rings is 2. The van der Waals surface area contributed by atoms with Crippen LogP contribution in [0.25, 0.3) is 0 Å². The van der Waals surface area contributed by atoms with Gasteiger partial charge in [-0.05, 0) is 55.3 Å². The Balaban J connectivity index is 1.81. The molecule has 6 nitrogen and oxygen atoms in total. The summed E-state index contributed by atoms with van der Waals surface area (Å²) in [6.45, 7) is 0.200. The van der Waals surface area contributed by atoms with Gasteiger partial charge in [0.25, 0.3) is 0 Å². The molecule has 140 valence electrons. The van der Waals surface area contributed by atoms with Gasteiger partial charge < -0.3 is 5.32 Å². The molecule has 0 unspecified atom stereocenters. The van der Waals surface area contributed by atoms with Crippen LogP contribution in [-0.4, -0.2) is 31.2 Å². The molecular formula is C18H15ClFN3O3S. The van der Waals surface area contributed by atoms with E-state index in [-0.39, 0.29) is 22.0 Å². The zero-order valence-electron chi connectivity index (χ0n) is 14.0. The molecule has 1 amide bonds. The van der Waals surface area contributed by atoms with Crippen molar-refractivity contribution in [1.29, 1.82) is 5.26 Å². The SMILES string of the molecule is N#Cc1ccc(NC(=O)[C@H]2CCCN2S(=O)(=O)c2ccc(F)cc2)cc1Cl. The lowest BCUT2D eigenvalue weighted by molar-refractivity contribution is -0.119. The van der Waals surface area contributed by atoms with E-state index >= 15 is 0 Å². The van der Waals surface area contributed by atoms with E-state index in [0.29, 0.717) is 18.5 Å². The molecule has 1 atom stereocenters. The normalized spacial score (nSPS) is 17.4. The van der Waals surface area contributed by atoms with Gasteiger partial charge in [0.1, 0.15) is 17.9 Å². The lowest BCUT2D eigenvalue weighted by Gasteiger charge is -2.23. The lowest BCUT2D eigenvalue weighted by atomic mass is 10.2.